The summed E-state index contributed by atoms with van der Waals surface area (Å²) < 4.78 is 42.5. The van der Waals surface area contributed by atoms with Crippen molar-refractivity contribution >= 4 is 21.7 Å². The molecule has 0 amide bonds. The molecular weight excluding hydrogens is 295 g/mol. The van der Waals surface area contributed by atoms with E-state index in [-0.39, 0.29) is 23.3 Å². The fourth-order valence-electron chi connectivity index (χ4n) is 1.40. The number of nitrogens with one attached hydrogen (secondary N) is 1. The molecule has 0 unspecified atom stereocenters. The van der Waals surface area contributed by atoms with Crippen molar-refractivity contribution in [2.45, 2.75) is 13.3 Å². The van der Waals surface area contributed by atoms with Gasteiger partial charge >= 0.3 is 0 Å². The van der Waals surface area contributed by atoms with Crippen LogP contribution in [-0.2, 0) is 14.8 Å². The molecule has 1 aromatic carbocycles. The third-order valence-corrected chi connectivity index (χ3v) is 2.88. The highest BCUT2D eigenvalue weighted by molar-refractivity contribution is 7.88. The lowest BCUT2D eigenvalue weighted by atomic mass is 10.2. The van der Waals surface area contributed by atoms with Crippen LogP contribution in [0.2, 0.25) is 0 Å². The van der Waals surface area contributed by atoms with E-state index in [2.05, 4.69) is 22.9 Å². The van der Waals surface area contributed by atoms with Crippen molar-refractivity contribution in [3.8, 4) is 0 Å². The number of rotatable bonds is 6. The summed E-state index contributed by atoms with van der Waals surface area (Å²) in [6.45, 7) is 9.00. The Hall–Kier alpha value is -2.15. The molecule has 0 atom stereocenters. The summed E-state index contributed by atoms with van der Waals surface area (Å²) in [4.78, 5) is 3.94. The maximum absolute atomic E-state index is 12.8. The first-order valence-corrected chi connectivity index (χ1v) is 7.97. The van der Waals surface area contributed by atoms with Crippen LogP contribution >= 0.6 is 0 Å². The highest BCUT2D eigenvalue weighted by atomic mass is 32.2. The molecule has 0 spiro atoms. The summed E-state index contributed by atoms with van der Waals surface area (Å²) in [6.07, 6.45) is 1.41. The van der Waals surface area contributed by atoms with Crippen molar-refractivity contribution in [2.24, 2.45) is 4.99 Å². The molecule has 0 heterocycles. The van der Waals surface area contributed by atoms with E-state index in [1.165, 1.54) is 24.3 Å². The van der Waals surface area contributed by atoms with Gasteiger partial charge in [-0.2, -0.15) is 4.99 Å². The average Bonchev–Trinajstić information content (AvgIpc) is 2.36. The van der Waals surface area contributed by atoms with Gasteiger partial charge in [-0.15, -0.1) is 0 Å². The Labute approximate surface area is 123 Å². The van der Waals surface area contributed by atoms with E-state index < -0.39 is 10.0 Å². The van der Waals surface area contributed by atoms with Crippen LogP contribution in [0.4, 0.5) is 4.39 Å². The molecule has 0 fully saturated rings. The maximum Gasteiger partial charge on any atom is 0.230 e. The van der Waals surface area contributed by atoms with Gasteiger partial charge in [-0.05, 0) is 24.3 Å². The van der Waals surface area contributed by atoms with Crippen LogP contribution in [0.1, 0.15) is 18.9 Å². The molecule has 0 aliphatic carbocycles. The zero-order valence-electron chi connectivity index (χ0n) is 11.9. The predicted molar refractivity (Wildman–Crippen MR) is 81.4 cm³/mol. The lowest BCUT2D eigenvalue weighted by Crippen LogP contribution is -2.20. The van der Waals surface area contributed by atoms with E-state index in [0.717, 1.165) is 6.26 Å². The van der Waals surface area contributed by atoms with Crippen LogP contribution in [-0.4, -0.2) is 20.6 Å². The van der Waals surface area contributed by atoms with Gasteiger partial charge in [0, 0.05) is 12.0 Å². The van der Waals surface area contributed by atoms with Crippen molar-refractivity contribution in [3.63, 3.8) is 0 Å². The Bertz CT molecular complexity index is 664. The molecule has 1 N–H and O–H groups in total. The Morgan fingerprint density at radius 2 is 1.90 bits per heavy atom. The minimum Gasteiger partial charge on any atom is -0.443 e. The van der Waals surface area contributed by atoms with Crippen LogP contribution in [0.3, 0.4) is 0 Å². The molecule has 0 aliphatic rings. The third kappa shape index (κ3) is 6.22. The molecule has 21 heavy (non-hydrogen) atoms. The quantitative estimate of drug-likeness (QED) is 0.499. The van der Waals surface area contributed by atoms with Gasteiger partial charge in [0.25, 0.3) is 0 Å². The molecular formula is C14H17FN2O3S. The van der Waals surface area contributed by atoms with Crippen LogP contribution < -0.4 is 4.72 Å². The van der Waals surface area contributed by atoms with Crippen molar-refractivity contribution in [1.29, 1.82) is 0 Å². The Morgan fingerprint density at radius 1 is 1.33 bits per heavy atom. The minimum absolute atomic E-state index is 0.0544. The summed E-state index contributed by atoms with van der Waals surface area (Å²) in [5.74, 6) is 0.108. The maximum atomic E-state index is 12.8. The van der Waals surface area contributed by atoms with E-state index in [9.17, 15) is 12.8 Å². The predicted octanol–water partition coefficient (Wildman–Crippen LogP) is 2.64. The molecule has 0 bridgehead atoms. The van der Waals surface area contributed by atoms with Crippen LogP contribution in [0.5, 0.6) is 0 Å². The fraction of sp³-hybridized carbons (Fsp3) is 0.214. The monoisotopic (exact) mass is 312 g/mol. The zero-order chi connectivity index (χ0) is 16.0. The van der Waals surface area contributed by atoms with E-state index in [0.29, 0.717) is 12.0 Å². The first-order chi connectivity index (χ1) is 9.71. The molecule has 5 nitrogen and oxygen atoms in total. The van der Waals surface area contributed by atoms with Crippen molar-refractivity contribution < 1.29 is 17.5 Å². The molecule has 7 heteroatoms. The summed E-state index contributed by atoms with van der Waals surface area (Å²) >= 11 is 0. The van der Waals surface area contributed by atoms with Gasteiger partial charge in [0.1, 0.15) is 17.4 Å². The molecule has 0 aliphatic heterocycles. The average molecular weight is 312 g/mol. The van der Waals surface area contributed by atoms with Gasteiger partial charge in [0.15, 0.2) is 5.90 Å². The van der Waals surface area contributed by atoms with Crippen LogP contribution in [0, 0.1) is 5.82 Å². The Kier molecular flexibility index (Phi) is 5.66. The van der Waals surface area contributed by atoms with E-state index in [1.54, 1.807) is 6.92 Å². The standard InChI is InChI=1S/C14H17FN2O3S/c1-5-14(16-11(3)17-21(4,18)19)20-10(2)12-6-8-13(15)9-7-12/h6-9,17H,2-3,5H2,1,4H3. The van der Waals surface area contributed by atoms with E-state index in [4.69, 9.17) is 4.74 Å². The Balaban J connectivity index is 2.80. The van der Waals surface area contributed by atoms with Crippen LogP contribution in [0.25, 0.3) is 5.76 Å². The smallest absolute Gasteiger partial charge is 0.230 e. The van der Waals surface area contributed by atoms with Crippen LogP contribution in [0.15, 0.2) is 48.2 Å². The second-order valence-corrected chi connectivity index (χ2v) is 5.96. The fourth-order valence-corrected chi connectivity index (χ4v) is 1.87. The number of halogens is 1. The summed E-state index contributed by atoms with van der Waals surface area (Å²) in [7, 11) is -3.44. The number of ether oxygens (including phenoxy) is 1. The van der Waals surface area contributed by atoms with Gasteiger partial charge < -0.3 is 4.74 Å². The lowest BCUT2D eigenvalue weighted by molar-refractivity contribution is 0.493. The molecule has 0 saturated heterocycles. The largest absolute Gasteiger partial charge is 0.443 e. The number of sulfonamides is 1. The summed E-state index contributed by atoms with van der Waals surface area (Å²) in [6, 6.07) is 5.62. The second-order valence-electron chi connectivity index (χ2n) is 4.21. The lowest BCUT2D eigenvalue weighted by Gasteiger charge is -2.11. The number of nitrogens with zero attached hydrogens (tertiary/aromatic N) is 1. The number of hydrogen-bond donors (Lipinski definition) is 1. The highest BCUT2D eigenvalue weighted by Gasteiger charge is 2.07. The Morgan fingerprint density at radius 3 is 2.38 bits per heavy atom. The van der Waals surface area contributed by atoms with Gasteiger partial charge in [-0.25, -0.2) is 12.8 Å². The van der Waals surface area contributed by atoms with Crippen molar-refractivity contribution in [3.05, 3.63) is 54.6 Å². The number of aliphatic imine (C=N–C) groups is 1. The zero-order valence-corrected chi connectivity index (χ0v) is 12.7. The van der Waals surface area contributed by atoms with E-state index in [1.807, 2.05) is 0 Å². The third-order valence-electron chi connectivity index (χ3n) is 2.27. The van der Waals surface area contributed by atoms with Gasteiger partial charge in [-0.3, -0.25) is 4.72 Å². The van der Waals surface area contributed by atoms with Gasteiger partial charge in [-0.1, -0.05) is 20.1 Å². The number of benzene rings is 1. The first kappa shape index (κ1) is 16.9. The molecule has 114 valence electrons. The molecule has 1 aromatic rings. The first-order valence-electron chi connectivity index (χ1n) is 6.08. The molecule has 0 saturated carbocycles. The van der Waals surface area contributed by atoms with Crippen molar-refractivity contribution in [1.82, 2.24) is 4.72 Å². The molecule has 0 radical (unpaired) electrons. The van der Waals surface area contributed by atoms with Gasteiger partial charge in [0.2, 0.25) is 10.0 Å². The molecule has 1 rings (SSSR count). The molecule has 0 aromatic heterocycles. The normalized spacial score (nSPS) is 11.9. The summed E-state index contributed by atoms with van der Waals surface area (Å²) in [5.41, 5.74) is 0.597. The van der Waals surface area contributed by atoms with E-state index >= 15 is 0 Å². The SMILES string of the molecule is C=C(N=C(CC)OC(=C)c1ccc(F)cc1)NS(C)(=O)=O. The summed E-state index contributed by atoms with van der Waals surface area (Å²) in [5, 5.41) is 0. The number of hydrogen-bond acceptors (Lipinski definition) is 4. The minimum atomic E-state index is -3.44. The second kappa shape index (κ2) is 7.03. The van der Waals surface area contributed by atoms with Crippen molar-refractivity contribution in [2.75, 3.05) is 6.26 Å². The topological polar surface area (TPSA) is 67.8 Å². The highest BCUT2D eigenvalue weighted by Crippen LogP contribution is 2.16. The van der Waals surface area contributed by atoms with Gasteiger partial charge in [0.05, 0.1) is 6.26 Å².